The van der Waals surface area contributed by atoms with Crippen molar-refractivity contribution in [3.05, 3.63) is 102 Å². The quantitative estimate of drug-likeness (QED) is 0.0454. The number of nitrogens with one attached hydrogen (secondary N) is 4. The van der Waals surface area contributed by atoms with Gasteiger partial charge in [0.1, 0.15) is 18.7 Å². The Morgan fingerprint density at radius 1 is 0.771 bits per heavy atom. The normalized spacial score (nSPS) is 18.8. The maximum Gasteiger partial charge on any atom is 0.416 e. The third kappa shape index (κ3) is 14.9. The van der Waals surface area contributed by atoms with Gasteiger partial charge in [-0.1, -0.05) is 50.3 Å². The van der Waals surface area contributed by atoms with Gasteiger partial charge >= 0.3 is 6.09 Å². The Morgan fingerprint density at radius 2 is 1.46 bits per heavy atom. The SMILES string of the molecule is C=C1C[C@H]2C=Nc3cc(OCCCOc4cc5c(cc4OC)C(=O)N4CC(=C)C[C@H]4[C@H](O)N5C(=O)OCc4ccc(NC(=O)[C@H](C)NC(=O)[C@@H](NC(=O)CCOCCNC(=O)CCN5C(=O)C=CC5=O)C(C)C)cc4)c(OC)cc3CN2C1. The molecule has 8 rings (SSSR count). The maximum atomic E-state index is 14.2. The minimum Gasteiger partial charge on any atom is -0.493 e. The summed E-state index contributed by atoms with van der Waals surface area (Å²) in [6.45, 7) is 15.2. The molecular formula is C59H71N9O15. The number of aliphatic hydroxyl groups excluding tert-OH is 1. The van der Waals surface area contributed by atoms with Crippen molar-refractivity contribution in [2.45, 2.75) is 96.4 Å². The lowest BCUT2D eigenvalue weighted by atomic mass is 10.0. The predicted octanol–water partition coefficient (Wildman–Crippen LogP) is 4.07. The van der Waals surface area contributed by atoms with Crippen molar-refractivity contribution in [1.82, 2.24) is 30.7 Å². The third-order valence-corrected chi connectivity index (χ3v) is 14.6. The number of amides is 8. The molecule has 5 aliphatic rings. The Kier molecular flexibility index (Phi) is 20.0. The summed E-state index contributed by atoms with van der Waals surface area (Å²) in [5.41, 5.74) is 4.73. The molecule has 442 valence electrons. The first-order valence-corrected chi connectivity index (χ1v) is 27.4. The maximum absolute atomic E-state index is 14.2. The number of imide groups is 1. The molecule has 0 saturated carbocycles. The summed E-state index contributed by atoms with van der Waals surface area (Å²) in [5, 5.41) is 22.6. The number of aliphatic hydroxyl groups is 1. The van der Waals surface area contributed by atoms with Gasteiger partial charge in [-0.25, -0.2) is 9.69 Å². The van der Waals surface area contributed by atoms with E-state index in [0.717, 1.165) is 46.2 Å². The Balaban J connectivity index is 0.812. The molecule has 8 amide bonds. The first-order chi connectivity index (χ1) is 39.8. The smallest absolute Gasteiger partial charge is 0.416 e. The molecule has 83 heavy (non-hydrogen) atoms. The van der Waals surface area contributed by atoms with Crippen LogP contribution in [-0.2, 0) is 51.4 Å². The molecule has 0 aliphatic carbocycles. The van der Waals surface area contributed by atoms with Crippen LogP contribution in [0, 0.1) is 5.92 Å². The van der Waals surface area contributed by atoms with E-state index in [0.29, 0.717) is 41.3 Å². The number of hydrogen-bond acceptors (Lipinski definition) is 17. The van der Waals surface area contributed by atoms with Crippen LogP contribution in [0.3, 0.4) is 0 Å². The van der Waals surface area contributed by atoms with Gasteiger partial charge in [-0.2, -0.15) is 0 Å². The molecule has 0 aromatic heterocycles. The fourth-order valence-electron chi connectivity index (χ4n) is 10.1. The van der Waals surface area contributed by atoms with Gasteiger partial charge in [-0.05, 0) is 61.1 Å². The van der Waals surface area contributed by atoms with Crippen LogP contribution < -0.4 is 45.1 Å². The molecule has 0 unspecified atom stereocenters. The van der Waals surface area contributed by atoms with Gasteiger partial charge in [0.05, 0.1) is 63.6 Å². The predicted molar refractivity (Wildman–Crippen MR) is 303 cm³/mol. The average Bonchev–Trinajstić information content (AvgIpc) is 2.66. The topological polar surface area (TPSA) is 286 Å². The summed E-state index contributed by atoms with van der Waals surface area (Å²) in [6.07, 6.45) is 3.14. The standard InChI is InChI=1S/C59H71N9O15/c1-34(2)54(64-51(70)16-21-80-22-17-60-50(69)15-18-66-52(71)13-14-53(66)72)56(74)62-37(5)55(73)63-40-11-9-38(10-12-40)33-83-59(77)68-44-28-49(47(79-7)26-42(44)57(75)67-31-36(4)24-45(67)58(68)76)82-20-8-19-81-48-27-43-39(25-46(48)78-6)32-65-30-35(3)23-41(65)29-61-43/h9-14,25-29,34,37,41,45,54,58,76H,3-4,8,15-24,30-33H2,1-2,5-7H3,(H,60,69)(H,62,74)(H,63,73)(H,64,70)/t37-,41-,45-,54-,58-/m0/s1. The first-order valence-electron chi connectivity index (χ1n) is 27.4. The summed E-state index contributed by atoms with van der Waals surface area (Å²) >= 11 is 0. The van der Waals surface area contributed by atoms with E-state index >= 15 is 0 Å². The number of anilines is 2. The zero-order valence-electron chi connectivity index (χ0n) is 47.2. The first kappa shape index (κ1) is 60.5. The number of carbonyl (C=O) groups is 8. The van der Waals surface area contributed by atoms with Gasteiger partial charge in [0.2, 0.25) is 23.6 Å². The molecule has 5 N–H and O–H groups in total. The lowest BCUT2D eigenvalue weighted by Crippen LogP contribution is -2.53. The summed E-state index contributed by atoms with van der Waals surface area (Å²) in [4.78, 5) is 114. The van der Waals surface area contributed by atoms with E-state index in [1.165, 1.54) is 36.6 Å². The van der Waals surface area contributed by atoms with Crippen LogP contribution >= 0.6 is 0 Å². The van der Waals surface area contributed by atoms with Gasteiger partial charge in [0, 0.05) is 94.2 Å². The molecule has 2 fully saturated rings. The molecular weight excluding hydrogens is 1070 g/mol. The monoisotopic (exact) mass is 1150 g/mol. The number of fused-ring (bicyclic) bond motifs is 4. The average molecular weight is 1150 g/mol. The van der Waals surface area contributed by atoms with Gasteiger partial charge in [0.15, 0.2) is 29.2 Å². The summed E-state index contributed by atoms with van der Waals surface area (Å²) in [6, 6.07) is 10.6. The summed E-state index contributed by atoms with van der Waals surface area (Å²) in [7, 11) is 3.02. The largest absolute Gasteiger partial charge is 0.493 e. The Bertz CT molecular complexity index is 3050. The number of benzene rings is 3. The van der Waals surface area contributed by atoms with Crippen molar-refractivity contribution in [2.24, 2.45) is 10.9 Å². The number of methoxy groups -OCH3 is 2. The number of ether oxygens (including phenoxy) is 6. The summed E-state index contributed by atoms with van der Waals surface area (Å²) < 4.78 is 35.0. The number of rotatable bonds is 25. The van der Waals surface area contributed by atoms with Crippen molar-refractivity contribution in [2.75, 3.05) is 77.0 Å². The van der Waals surface area contributed by atoms with Gasteiger partial charge in [-0.3, -0.25) is 48.4 Å². The van der Waals surface area contributed by atoms with E-state index in [1.54, 1.807) is 45.2 Å². The van der Waals surface area contributed by atoms with E-state index in [-0.39, 0.29) is 113 Å². The lowest BCUT2D eigenvalue weighted by molar-refractivity contribution is -0.137. The molecule has 0 spiro atoms. The zero-order chi connectivity index (χ0) is 59.5. The second-order valence-corrected chi connectivity index (χ2v) is 21.0. The molecule has 3 aromatic rings. The minimum atomic E-state index is -1.54. The van der Waals surface area contributed by atoms with Crippen molar-refractivity contribution >= 4 is 70.7 Å². The number of carbonyl (C=O) groups excluding carboxylic acids is 8. The van der Waals surface area contributed by atoms with E-state index in [4.69, 9.17) is 33.4 Å². The van der Waals surface area contributed by atoms with E-state index in [2.05, 4.69) is 39.3 Å². The van der Waals surface area contributed by atoms with Crippen LogP contribution in [-0.4, -0.2) is 171 Å². The van der Waals surface area contributed by atoms with Gasteiger partial charge < -0.3 is 59.7 Å². The van der Waals surface area contributed by atoms with Crippen LogP contribution in [0.2, 0.25) is 0 Å². The molecule has 24 nitrogen and oxygen atoms in total. The number of nitrogens with zero attached hydrogens (tertiary/aromatic N) is 5. The fraction of sp³-hybridized carbons (Fsp3) is 0.441. The van der Waals surface area contributed by atoms with Crippen LogP contribution in [0.1, 0.15) is 74.4 Å². The Hall–Kier alpha value is -8.61. The van der Waals surface area contributed by atoms with Crippen LogP contribution in [0.25, 0.3) is 0 Å². The van der Waals surface area contributed by atoms with E-state index < -0.39 is 65.9 Å². The Labute approximate surface area is 480 Å². The van der Waals surface area contributed by atoms with Crippen LogP contribution in [0.5, 0.6) is 23.0 Å². The molecule has 0 bridgehead atoms. The highest BCUT2D eigenvalue weighted by Crippen LogP contribution is 2.43. The third-order valence-electron chi connectivity index (χ3n) is 14.6. The zero-order valence-corrected chi connectivity index (χ0v) is 47.2. The van der Waals surface area contributed by atoms with Crippen molar-refractivity contribution in [3.8, 4) is 23.0 Å². The molecule has 24 heteroatoms. The van der Waals surface area contributed by atoms with E-state index in [1.807, 2.05) is 18.3 Å². The van der Waals surface area contributed by atoms with Gasteiger partial charge in [-0.15, -0.1) is 0 Å². The second-order valence-electron chi connectivity index (χ2n) is 21.0. The van der Waals surface area contributed by atoms with E-state index in [9.17, 15) is 43.5 Å². The Morgan fingerprint density at radius 3 is 2.16 bits per heavy atom. The minimum absolute atomic E-state index is 0.000363. The lowest BCUT2D eigenvalue weighted by Gasteiger charge is -2.31. The van der Waals surface area contributed by atoms with Crippen molar-refractivity contribution < 1.29 is 71.9 Å². The number of aliphatic imine (C=N–C) groups is 1. The molecule has 5 atom stereocenters. The fourth-order valence-corrected chi connectivity index (χ4v) is 10.1. The summed E-state index contributed by atoms with van der Waals surface area (Å²) in [5.74, 6) is -2.16. The van der Waals surface area contributed by atoms with Crippen LogP contribution in [0.15, 0.2) is 90.0 Å². The van der Waals surface area contributed by atoms with Crippen molar-refractivity contribution in [1.29, 1.82) is 0 Å². The van der Waals surface area contributed by atoms with Crippen LogP contribution in [0.4, 0.5) is 21.9 Å². The highest BCUT2D eigenvalue weighted by molar-refractivity contribution is 6.13. The molecule has 5 heterocycles. The highest BCUT2D eigenvalue weighted by atomic mass is 16.6. The highest BCUT2D eigenvalue weighted by Gasteiger charge is 2.46. The molecule has 3 aromatic carbocycles. The number of hydrogen-bond donors (Lipinski definition) is 5. The molecule has 5 aliphatic heterocycles. The second kappa shape index (κ2) is 27.4. The molecule has 0 radical (unpaired) electrons. The van der Waals surface area contributed by atoms with Crippen molar-refractivity contribution in [3.63, 3.8) is 0 Å². The van der Waals surface area contributed by atoms with Gasteiger partial charge in [0.25, 0.3) is 17.7 Å². The molecule has 2 saturated heterocycles.